The highest BCUT2D eigenvalue weighted by Gasteiger charge is 2.36. The smallest absolute Gasteiger partial charge is 0.264 e. The summed E-state index contributed by atoms with van der Waals surface area (Å²) in [7, 11) is -1.46. The SMILES string of the molecule is COc1ccc(N(CC(=O)N(Cc2ccccc2F)[C@H](Cc2ccccc2)C(=O)NC(C)(C)C)S(=O)(=O)c2ccccc2)cc1OC. The van der Waals surface area contributed by atoms with E-state index in [9.17, 15) is 18.0 Å². The summed E-state index contributed by atoms with van der Waals surface area (Å²) in [5, 5.41) is 2.96. The minimum Gasteiger partial charge on any atom is -0.493 e. The lowest BCUT2D eigenvalue weighted by Gasteiger charge is -2.35. The van der Waals surface area contributed by atoms with Crippen molar-refractivity contribution in [1.82, 2.24) is 10.2 Å². The zero-order valence-electron chi connectivity index (χ0n) is 27.1. The molecule has 0 aliphatic rings. The average molecular weight is 662 g/mol. The van der Waals surface area contributed by atoms with Gasteiger partial charge in [0.15, 0.2) is 11.5 Å². The van der Waals surface area contributed by atoms with Crippen LogP contribution < -0.4 is 19.1 Å². The van der Waals surface area contributed by atoms with Crippen LogP contribution in [0.1, 0.15) is 31.9 Å². The number of nitrogens with zero attached hydrogens (tertiary/aromatic N) is 2. The van der Waals surface area contributed by atoms with Gasteiger partial charge in [-0.15, -0.1) is 0 Å². The van der Waals surface area contributed by atoms with E-state index in [2.05, 4.69) is 5.32 Å². The first kappa shape index (κ1) is 35.0. The number of carbonyl (C=O) groups excluding carboxylic acids is 2. The first-order chi connectivity index (χ1) is 22.3. The molecule has 0 aromatic heterocycles. The van der Waals surface area contributed by atoms with Crippen LogP contribution in [0.2, 0.25) is 0 Å². The number of hydrogen-bond donors (Lipinski definition) is 1. The Balaban J connectivity index is 1.86. The van der Waals surface area contributed by atoms with Crippen LogP contribution in [0.4, 0.5) is 10.1 Å². The molecule has 248 valence electrons. The second kappa shape index (κ2) is 15.1. The fourth-order valence-electron chi connectivity index (χ4n) is 5.05. The molecule has 0 aliphatic heterocycles. The van der Waals surface area contributed by atoms with Crippen molar-refractivity contribution >= 4 is 27.5 Å². The second-order valence-electron chi connectivity index (χ2n) is 11.9. The zero-order chi connectivity index (χ0) is 34.2. The molecule has 4 aromatic carbocycles. The predicted molar refractivity (Wildman–Crippen MR) is 179 cm³/mol. The number of amides is 2. The van der Waals surface area contributed by atoms with Gasteiger partial charge in [-0.1, -0.05) is 66.7 Å². The highest BCUT2D eigenvalue weighted by Crippen LogP contribution is 2.34. The molecule has 4 rings (SSSR count). The maximum Gasteiger partial charge on any atom is 0.264 e. The summed E-state index contributed by atoms with van der Waals surface area (Å²) in [6.45, 7) is 4.47. The van der Waals surface area contributed by atoms with Gasteiger partial charge in [0, 0.05) is 30.1 Å². The minimum atomic E-state index is -4.33. The average Bonchev–Trinajstić information content (AvgIpc) is 3.05. The quantitative estimate of drug-likeness (QED) is 0.200. The number of methoxy groups -OCH3 is 2. The number of anilines is 1. The number of ether oxygens (including phenoxy) is 2. The highest BCUT2D eigenvalue weighted by atomic mass is 32.2. The molecule has 4 aromatic rings. The Hall–Kier alpha value is -4.90. The van der Waals surface area contributed by atoms with Gasteiger partial charge in [0.05, 0.1) is 24.8 Å². The summed E-state index contributed by atoms with van der Waals surface area (Å²) in [4.78, 5) is 29.7. The summed E-state index contributed by atoms with van der Waals surface area (Å²) >= 11 is 0. The molecule has 0 bridgehead atoms. The molecule has 1 atom stereocenters. The lowest BCUT2D eigenvalue weighted by atomic mass is 10.0. The Morgan fingerprint density at radius 3 is 2.02 bits per heavy atom. The lowest BCUT2D eigenvalue weighted by Crippen LogP contribution is -2.56. The number of carbonyl (C=O) groups is 2. The molecule has 1 N–H and O–H groups in total. The van der Waals surface area contributed by atoms with Crippen LogP contribution in [0.3, 0.4) is 0 Å². The predicted octanol–water partition coefficient (Wildman–Crippen LogP) is 5.59. The van der Waals surface area contributed by atoms with E-state index < -0.39 is 45.8 Å². The first-order valence-corrected chi connectivity index (χ1v) is 16.5. The van der Waals surface area contributed by atoms with Crippen LogP contribution in [0, 0.1) is 5.82 Å². The van der Waals surface area contributed by atoms with Gasteiger partial charge in [-0.25, -0.2) is 12.8 Å². The second-order valence-corrected chi connectivity index (χ2v) is 13.8. The van der Waals surface area contributed by atoms with Crippen molar-refractivity contribution < 1.29 is 31.9 Å². The van der Waals surface area contributed by atoms with Crippen LogP contribution in [-0.4, -0.2) is 57.5 Å². The summed E-state index contributed by atoms with van der Waals surface area (Å²) < 4.78 is 55.2. The van der Waals surface area contributed by atoms with E-state index in [1.54, 1.807) is 24.3 Å². The van der Waals surface area contributed by atoms with E-state index >= 15 is 4.39 Å². The zero-order valence-corrected chi connectivity index (χ0v) is 28.0. The molecule has 9 nitrogen and oxygen atoms in total. The number of rotatable bonds is 13. The molecule has 0 unspecified atom stereocenters. The van der Waals surface area contributed by atoms with Crippen molar-refractivity contribution in [1.29, 1.82) is 0 Å². The van der Waals surface area contributed by atoms with Gasteiger partial charge in [-0.2, -0.15) is 0 Å². The Bertz CT molecular complexity index is 1780. The molecule has 0 aliphatic carbocycles. The first-order valence-electron chi connectivity index (χ1n) is 15.0. The van der Waals surface area contributed by atoms with Gasteiger partial charge in [0.1, 0.15) is 18.4 Å². The van der Waals surface area contributed by atoms with Crippen LogP contribution in [0.15, 0.2) is 108 Å². The minimum absolute atomic E-state index is 0.0467. The number of benzene rings is 4. The third-order valence-corrected chi connectivity index (χ3v) is 9.12. The summed E-state index contributed by atoms with van der Waals surface area (Å²) in [6.07, 6.45) is 0.102. The van der Waals surface area contributed by atoms with Crippen LogP contribution in [0.25, 0.3) is 0 Å². The highest BCUT2D eigenvalue weighted by molar-refractivity contribution is 7.92. The fourth-order valence-corrected chi connectivity index (χ4v) is 6.47. The summed E-state index contributed by atoms with van der Waals surface area (Å²) in [5.74, 6) is -1.13. The van der Waals surface area contributed by atoms with Crippen molar-refractivity contribution in [3.8, 4) is 11.5 Å². The summed E-state index contributed by atoms with van der Waals surface area (Å²) in [5.41, 5.74) is 0.415. The van der Waals surface area contributed by atoms with E-state index in [1.165, 1.54) is 67.7 Å². The van der Waals surface area contributed by atoms with Gasteiger partial charge < -0.3 is 19.7 Å². The van der Waals surface area contributed by atoms with Crippen LogP contribution >= 0.6 is 0 Å². The third-order valence-electron chi connectivity index (χ3n) is 7.33. The van der Waals surface area contributed by atoms with Crippen molar-refractivity contribution in [3.05, 3.63) is 120 Å². The van der Waals surface area contributed by atoms with E-state index in [-0.39, 0.29) is 34.9 Å². The van der Waals surface area contributed by atoms with Crippen molar-refractivity contribution in [3.63, 3.8) is 0 Å². The Labute approximate surface area is 276 Å². The number of hydrogen-bond acceptors (Lipinski definition) is 6. The van der Waals surface area contributed by atoms with Crippen LogP contribution in [0.5, 0.6) is 11.5 Å². The Kier molecular flexibility index (Phi) is 11.3. The molecule has 11 heteroatoms. The van der Waals surface area contributed by atoms with E-state index in [0.29, 0.717) is 5.75 Å². The molecule has 0 spiro atoms. The summed E-state index contributed by atoms with van der Waals surface area (Å²) in [6, 6.07) is 26.2. The van der Waals surface area contributed by atoms with Crippen molar-refractivity contribution in [2.24, 2.45) is 0 Å². The van der Waals surface area contributed by atoms with E-state index in [4.69, 9.17) is 9.47 Å². The molecule has 0 fully saturated rings. The monoisotopic (exact) mass is 661 g/mol. The maximum absolute atomic E-state index is 15.1. The molecule has 0 saturated heterocycles. The molecule has 0 heterocycles. The molecular formula is C36H40FN3O6S. The molecule has 0 radical (unpaired) electrons. The molecule has 2 amide bonds. The fraction of sp³-hybridized carbons (Fsp3) is 0.278. The standard InChI is InChI=1S/C36H40FN3O6S/c1-36(2,3)38-35(42)31(22-26-14-8-6-9-15-26)39(24-27-16-12-13-19-30(27)37)34(41)25-40(47(43,44)29-17-10-7-11-18-29)28-20-21-32(45-4)33(23-28)46-5/h6-21,23,31H,22,24-25H2,1-5H3,(H,38,42)/t31-/m1/s1. The van der Waals surface area contributed by atoms with Gasteiger partial charge in [-0.05, 0) is 56.7 Å². The molecular weight excluding hydrogens is 621 g/mol. The number of sulfonamides is 1. The molecule has 47 heavy (non-hydrogen) atoms. The normalized spacial score (nSPS) is 12.1. The lowest BCUT2D eigenvalue weighted by molar-refractivity contribution is -0.140. The maximum atomic E-state index is 15.1. The third kappa shape index (κ3) is 8.88. The molecule has 0 saturated carbocycles. The van der Waals surface area contributed by atoms with E-state index in [1.807, 2.05) is 51.1 Å². The number of halogens is 1. The van der Waals surface area contributed by atoms with E-state index in [0.717, 1.165) is 9.87 Å². The largest absolute Gasteiger partial charge is 0.493 e. The topological polar surface area (TPSA) is 105 Å². The number of nitrogens with one attached hydrogen (secondary N) is 1. The van der Waals surface area contributed by atoms with Crippen molar-refractivity contribution in [2.45, 2.75) is 50.2 Å². The Morgan fingerprint density at radius 2 is 1.43 bits per heavy atom. The Morgan fingerprint density at radius 1 is 0.830 bits per heavy atom. The van der Waals surface area contributed by atoms with Gasteiger partial charge in [0.2, 0.25) is 11.8 Å². The van der Waals surface area contributed by atoms with Crippen LogP contribution in [-0.2, 0) is 32.6 Å². The van der Waals surface area contributed by atoms with Gasteiger partial charge >= 0.3 is 0 Å². The van der Waals surface area contributed by atoms with Gasteiger partial charge in [0.25, 0.3) is 10.0 Å². The van der Waals surface area contributed by atoms with Crippen molar-refractivity contribution in [2.75, 3.05) is 25.1 Å². The van der Waals surface area contributed by atoms with Gasteiger partial charge in [-0.3, -0.25) is 13.9 Å².